The monoisotopic (exact) mass is 449 g/mol. The molecule has 0 unspecified atom stereocenters. The van der Waals surface area contributed by atoms with Crippen molar-refractivity contribution >= 4 is 29.3 Å². The first-order valence-electron chi connectivity index (χ1n) is 10.8. The lowest BCUT2D eigenvalue weighted by atomic mass is 9.89. The standard InChI is InChI=1S/C24H27N5O2S/c1-16(19-8-7-17-5-3-4-6-20(17)13-19)26-23(31)18-9-11-21(12-10-18)27-22(30)14-32-24-28-25-15-29(24)2/h7-13,15-16H,3-6,14H2,1-2H3,(H,26,31)(H,27,30)/t16-/m0/s1. The number of nitrogens with one attached hydrogen (secondary N) is 2. The van der Waals surface area contributed by atoms with Crippen LogP contribution in [-0.4, -0.2) is 32.3 Å². The van der Waals surface area contributed by atoms with E-state index in [0.29, 0.717) is 16.4 Å². The van der Waals surface area contributed by atoms with Crippen molar-refractivity contribution in [3.63, 3.8) is 0 Å². The van der Waals surface area contributed by atoms with E-state index in [-0.39, 0.29) is 23.6 Å². The van der Waals surface area contributed by atoms with Crippen LogP contribution in [0, 0.1) is 0 Å². The molecule has 2 aromatic carbocycles. The normalized spacial score (nSPS) is 13.8. The number of nitrogens with zero attached hydrogens (tertiary/aromatic N) is 3. The Morgan fingerprint density at radius 2 is 1.84 bits per heavy atom. The van der Waals surface area contributed by atoms with Crippen molar-refractivity contribution < 1.29 is 9.59 Å². The van der Waals surface area contributed by atoms with Crippen molar-refractivity contribution in [1.29, 1.82) is 0 Å². The Kier molecular flexibility index (Phi) is 6.90. The molecule has 7 nitrogen and oxygen atoms in total. The number of aromatic nitrogens is 3. The second-order valence-electron chi connectivity index (χ2n) is 8.07. The van der Waals surface area contributed by atoms with Gasteiger partial charge in [-0.05, 0) is 73.6 Å². The molecule has 1 aromatic heterocycles. The summed E-state index contributed by atoms with van der Waals surface area (Å²) in [6, 6.07) is 13.4. The highest BCUT2D eigenvalue weighted by Gasteiger charge is 2.15. The number of carbonyl (C=O) groups is 2. The molecular formula is C24H27N5O2S. The van der Waals surface area contributed by atoms with Gasteiger partial charge in [-0.25, -0.2) is 0 Å². The van der Waals surface area contributed by atoms with Gasteiger partial charge in [0.15, 0.2) is 5.16 Å². The van der Waals surface area contributed by atoms with Gasteiger partial charge in [0.2, 0.25) is 5.91 Å². The van der Waals surface area contributed by atoms with Gasteiger partial charge in [-0.2, -0.15) is 0 Å². The van der Waals surface area contributed by atoms with Crippen LogP contribution in [-0.2, 0) is 24.7 Å². The second kappa shape index (κ2) is 9.99. The average molecular weight is 450 g/mol. The molecule has 0 spiro atoms. The van der Waals surface area contributed by atoms with E-state index in [1.54, 1.807) is 35.2 Å². The Morgan fingerprint density at radius 1 is 1.09 bits per heavy atom. The summed E-state index contributed by atoms with van der Waals surface area (Å²) in [6.45, 7) is 2.01. The molecule has 32 heavy (non-hydrogen) atoms. The van der Waals surface area contributed by atoms with Crippen LogP contribution in [0.2, 0.25) is 0 Å². The van der Waals surface area contributed by atoms with Crippen molar-refractivity contribution in [3.05, 3.63) is 71.0 Å². The Labute approximate surface area is 192 Å². The zero-order valence-corrected chi connectivity index (χ0v) is 19.1. The van der Waals surface area contributed by atoms with E-state index >= 15 is 0 Å². The number of hydrogen-bond acceptors (Lipinski definition) is 5. The van der Waals surface area contributed by atoms with Gasteiger partial charge in [-0.3, -0.25) is 9.59 Å². The van der Waals surface area contributed by atoms with E-state index in [1.165, 1.54) is 35.7 Å². The summed E-state index contributed by atoms with van der Waals surface area (Å²) in [5.41, 5.74) is 5.18. The van der Waals surface area contributed by atoms with Gasteiger partial charge < -0.3 is 15.2 Å². The fraction of sp³-hybridized carbons (Fsp3) is 0.333. The number of anilines is 1. The topological polar surface area (TPSA) is 88.9 Å². The van der Waals surface area contributed by atoms with Crippen LogP contribution < -0.4 is 10.6 Å². The van der Waals surface area contributed by atoms with Gasteiger partial charge in [-0.1, -0.05) is 30.0 Å². The first-order valence-corrected chi connectivity index (χ1v) is 11.8. The molecule has 0 bridgehead atoms. The van der Waals surface area contributed by atoms with Crippen LogP contribution in [0.15, 0.2) is 53.9 Å². The van der Waals surface area contributed by atoms with E-state index < -0.39 is 0 Å². The third-order valence-corrected chi connectivity index (χ3v) is 6.69. The van der Waals surface area contributed by atoms with Crippen molar-refractivity contribution in [2.75, 3.05) is 11.1 Å². The van der Waals surface area contributed by atoms with Crippen LogP contribution in [0.3, 0.4) is 0 Å². The summed E-state index contributed by atoms with van der Waals surface area (Å²) in [5.74, 6) is -0.0465. The number of fused-ring (bicyclic) bond motifs is 1. The highest BCUT2D eigenvalue weighted by Crippen LogP contribution is 2.25. The van der Waals surface area contributed by atoms with Gasteiger partial charge in [0.05, 0.1) is 11.8 Å². The van der Waals surface area contributed by atoms with Crippen molar-refractivity contribution in [1.82, 2.24) is 20.1 Å². The largest absolute Gasteiger partial charge is 0.346 e. The molecule has 0 fully saturated rings. The molecule has 0 radical (unpaired) electrons. The molecule has 1 heterocycles. The minimum absolute atomic E-state index is 0.0771. The molecule has 3 aromatic rings. The number of hydrogen-bond donors (Lipinski definition) is 2. The molecule has 1 atom stereocenters. The van der Waals surface area contributed by atoms with Crippen LogP contribution >= 0.6 is 11.8 Å². The lowest BCUT2D eigenvalue weighted by Gasteiger charge is -2.20. The minimum atomic E-state index is -0.142. The summed E-state index contributed by atoms with van der Waals surface area (Å²) in [5, 5.41) is 14.3. The van der Waals surface area contributed by atoms with Crippen LogP contribution in [0.25, 0.3) is 0 Å². The number of carbonyl (C=O) groups excluding carboxylic acids is 2. The summed E-state index contributed by atoms with van der Waals surface area (Å²) >= 11 is 1.32. The second-order valence-corrected chi connectivity index (χ2v) is 9.01. The summed E-state index contributed by atoms with van der Waals surface area (Å²) in [4.78, 5) is 24.9. The average Bonchev–Trinajstić information content (AvgIpc) is 3.22. The Balaban J connectivity index is 1.30. The Bertz CT molecular complexity index is 1110. The zero-order valence-electron chi connectivity index (χ0n) is 18.3. The lowest BCUT2D eigenvalue weighted by molar-refractivity contribution is -0.113. The highest BCUT2D eigenvalue weighted by atomic mass is 32.2. The van der Waals surface area contributed by atoms with Crippen molar-refractivity contribution in [2.45, 2.75) is 43.8 Å². The first kappa shape index (κ1) is 22.1. The van der Waals surface area contributed by atoms with Crippen LogP contribution in [0.5, 0.6) is 0 Å². The highest BCUT2D eigenvalue weighted by molar-refractivity contribution is 7.99. The molecule has 166 valence electrons. The molecule has 1 aliphatic rings. The van der Waals surface area contributed by atoms with E-state index in [2.05, 4.69) is 39.0 Å². The molecule has 0 saturated heterocycles. The smallest absolute Gasteiger partial charge is 0.251 e. The van der Waals surface area contributed by atoms with E-state index in [1.807, 2.05) is 14.0 Å². The predicted molar refractivity (Wildman–Crippen MR) is 126 cm³/mol. The molecule has 2 N–H and O–H groups in total. The Hall–Kier alpha value is -3.13. The maximum Gasteiger partial charge on any atom is 0.251 e. The lowest BCUT2D eigenvalue weighted by Crippen LogP contribution is -2.26. The predicted octanol–water partition coefficient (Wildman–Crippen LogP) is 3.92. The van der Waals surface area contributed by atoms with Gasteiger partial charge in [-0.15, -0.1) is 10.2 Å². The number of thioether (sulfide) groups is 1. The van der Waals surface area contributed by atoms with E-state index in [0.717, 1.165) is 18.4 Å². The van der Waals surface area contributed by atoms with E-state index in [4.69, 9.17) is 0 Å². The quantitative estimate of drug-likeness (QED) is 0.534. The maximum atomic E-state index is 12.7. The molecular weight excluding hydrogens is 422 g/mol. The first-order chi connectivity index (χ1) is 15.5. The third kappa shape index (κ3) is 5.37. The van der Waals surface area contributed by atoms with Crippen molar-refractivity contribution in [2.24, 2.45) is 7.05 Å². The van der Waals surface area contributed by atoms with Gasteiger partial charge in [0.25, 0.3) is 5.91 Å². The van der Waals surface area contributed by atoms with Crippen molar-refractivity contribution in [3.8, 4) is 0 Å². The Morgan fingerprint density at radius 3 is 2.56 bits per heavy atom. The summed E-state index contributed by atoms with van der Waals surface area (Å²) in [6.07, 6.45) is 6.36. The minimum Gasteiger partial charge on any atom is -0.346 e. The van der Waals surface area contributed by atoms with Gasteiger partial charge in [0.1, 0.15) is 6.33 Å². The van der Waals surface area contributed by atoms with Crippen LogP contribution in [0.1, 0.15) is 52.9 Å². The number of rotatable bonds is 7. The van der Waals surface area contributed by atoms with Gasteiger partial charge >= 0.3 is 0 Å². The zero-order chi connectivity index (χ0) is 22.5. The molecule has 0 saturated carbocycles. The molecule has 1 aliphatic carbocycles. The number of aryl methyl sites for hydroxylation is 3. The van der Waals surface area contributed by atoms with Crippen LogP contribution in [0.4, 0.5) is 5.69 Å². The molecule has 4 rings (SSSR count). The SMILES string of the molecule is C[C@H](NC(=O)c1ccc(NC(=O)CSc2nncn2C)cc1)c1ccc2c(c1)CCCC2. The van der Waals surface area contributed by atoms with E-state index in [9.17, 15) is 9.59 Å². The fourth-order valence-electron chi connectivity index (χ4n) is 3.82. The third-order valence-electron chi connectivity index (χ3n) is 5.65. The molecule has 8 heteroatoms. The summed E-state index contributed by atoms with van der Waals surface area (Å²) in [7, 11) is 1.83. The fourth-order valence-corrected chi connectivity index (χ4v) is 4.51. The molecule has 2 amide bonds. The van der Waals surface area contributed by atoms with Gasteiger partial charge in [0, 0.05) is 18.3 Å². The number of benzene rings is 2. The number of amides is 2. The molecule has 0 aliphatic heterocycles. The summed E-state index contributed by atoms with van der Waals surface area (Å²) < 4.78 is 1.76. The maximum absolute atomic E-state index is 12.7.